The number of furan rings is 1. The van der Waals surface area contributed by atoms with Gasteiger partial charge in [-0.2, -0.15) is 5.10 Å². The lowest BCUT2D eigenvalue weighted by Gasteiger charge is -2.18. The lowest BCUT2D eigenvalue weighted by Crippen LogP contribution is -2.18. The summed E-state index contributed by atoms with van der Waals surface area (Å²) in [4.78, 5) is 20.4. The number of aromatic hydroxyl groups is 1. The maximum absolute atomic E-state index is 12.9. The molecule has 1 atom stereocenters. The zero-order chi connectivity index (χ0) is 20.9. The van der Waals surface area contributed by atoms with Gasteiger partial charge in [0.1, 0.15) is 23.1 Å². The molecule has 2 aromatic carbocycles. The highest BCUT2D eigenvalue weighted by molar-refractivity contribution is 7.22. The summed E-state index contributed by atoms with van der Waals surface area (Å²) >= 11 is 1.52. The number of aromatic nitrogens is 2. The molecular weight excluding hydrogens is 412 g/mol. The SMILES string of the molecule is O=c1[nH]c2ccccc2c(O)c1C1=NN(c2nc3ccccc3s2)C(c2ccco2)C1. The molecule has 0 saturated carbocycles. The molecule has 2 N–H and O–H groups in total. The minimum atomic E-state index is -0.376. The fourth-order valence-corrected chi connectivity index (χ4v) is 4.96. The average molecular weight is 428 g/mol. The van der Waals surface area contributed by atoms with Crippen molar-refractivity contribution in [1.82, 2.24) is 9.97 Å². The van der Waals surface area contributed by atoms with Gasteiger partial charge in [0, 0.05) is 11.8 Å². The lowest BCUT2D eigenvalue weighted by molar-refractivity contribution is 0.464. The van der Waals surface area contributed by atoms with Crippen molar-refractivity contribution < 1.29 is 9.52 Å². The first-order valence-electron chi connectivity index (χ1n) is 9.79. The number of benzene rings is 2. The van der Waals surface area contributed by atoms with Crippen molar-refractivity contribution in [2.24, 2.45) is 5.10 Å². The number of rotatable bonds is 3. The van der Waals surface area contributed by atoms with Gasteiger partial charge in [0.2, 0.25) is 5.13 Å². The highest BCUT2D eigenvalue weighted by atomic mass is 32.1. The summed E-state index contributed by atoms with van der Waals surface area (Å²) in [6.07, 6.45) is 2.02. The van der Waals surface area contributed by atoms with Crippen LogP contribution in [0.1, 0.15) is 23.8 Å². The Morgan fingerprint density at radius 3 is 2.77 bits per heavy atom. The molecule has 0 fully saturated rings. The number of hydrogen-bond donors (Lipinski definition) is 2. The van der Waals surface area contributed by atoms with Crippen LogP contribution in [0.15, 0.2) is 81.2 Å². The second-order valence-corrected chi connectivity index (χ2v) is 8.32. The van der Waals surface area contributed by atoms with E-state index in [-0.39, 0.29) is 22.9 Å². The van der Waals surface area contributed by atoms with Gasteiger partial charge in [0.05, 0.1) is 27.7 Å². The molecule has 4 heterocycles. The van der Waals surface area contributed by atoms with Crippen LogP contribution in [0.4, 0.5) is 5.13 Å². The number of H-pyrrole nitrogens is 1. The zero-order valence-electron chi connectivity index (χ0n) is 16.1. The number of anilines is 1. The molecule has 6 rings (SSSR count). The van der Waals surface area contributed by atoms with E-state index in [2.05, 4.69) is 4.98 Å². The molecule has 0 amide bonds. The molecule has 152 valence electrons. The van der Waals surface area contributed by atoms with Crippen molar-refractivity contribution in [3.63, 3.8) is 0 Å². The second kappa shape index (κ2) is 6.82. The van der Waals surface area contributed by atoms with Crippen molar-refractivity contribution in [2.75, 3.05) is 5.01 Å². The number of thiazole rings is 1. The van der Waals surface area contributed by atoms with E-state index in [1.807, 2.05) is 48.5 Å². The van der Waals surface area contributed by atoms with Crippen LogP contribution in [0.5, 0.6) is 5.75 Å². The van der Waals surface area contributed by atoms with Gasteiger partial charge in [-0.3, -0.25) is 4.79 Å². The van der Waals surface area contributed by atoms with Gasteiger partial charge in [-0.1, -0.05) is 35.6 Å². The van der Waals surface area contributed by atoms with E-state index in [9.17, 15) is 9.90 Å². The van der Waals surface area contributed by atoms with Crippen LogP contribution in [0, 0.1) is 0 Å². The average Bonchev–Trinajstić information content (AvgIpc) is 3.52. The van der Waals surface area contributed by atoms with E-state index in [1.54, 1.807) is 23.4 Å². The van der Waals surface area contributed by atoms with Crippen LogP contribution in [0.3, 0.4) is 0 Å². The zero-order valence-corrected chi connectivity index (χ0v) is 17.0. The van der Waals surface area contributed by atoms with E-state index in [1.165, 1.54) is 11.3 Å². The fourth-order valence-electron chi connectivity index (χ4n) is 3.99. The van der Waals surface area contributed by atoms with Crippen LogP contribution in [-0.4, -0.2) is 20.8 Å². The van der Waals surface area contributed by atoms with E-state index >= 15 is 0 Å². The van der Waals surface area contributed by atoms with Crippen molar-refractivity contribution in [3.8, 4) is 5.75 Å². The molecule has 1 unspecified atom stereocenters. The van der Waals surface area contributed by atoms with Gasteiger partial charge in [-0.15, -0.1) is 0 Å². The number of hydrazone groups is 1. The van der Waals surface area contributed by atoms with Crippen molar-refractivity contribution in [3.05, 3.63) is 88.6 Å². The van der Waals surface area contributed by atoms with E-state index < -0.39 is 0 Å². The number of nitrogens with one attached hydrogen (secondary N) is 1. The molecule has 8 heteroatoms. The Hall–Kier alpha value is -3.91. The number of para-hydroxylation sites is 2. The van der Waals surface area contributed by atoms with E-state index in [0.717, 1.165) is 16.0 Å². The Kier molecular flexibility index (Phi) is 3.94. The highest BCUT2D eigenvalue weighted by Crippen LogP contribution is 2.41. The van der Waals surface area contributed by atoms with Crippen LogP contribution in [0.25, 0.3) is 21.1 Å². The number of aromatic amines is 1. The Morgan fingerprint density at radius 2 is 1.94 bits per heavy atom. The monoisotopic (exact) mass is 428 g/mol. The molecule has 7 nitrogen and oxygen atoms in total. The van der Waals surface area contributed by atoms with Crippen molar-refractivity contribution in [1.29, 1.82) is 0 Å². The van der Waals surface area contributed by atoms with Gasteiger partial charge < -0.3 is 14.5 Å². The third-order valence-corrected chi connectivity index (χ3v) is 6.47. The normalized spacial score (nSPS) is 16.3. The molecular formula is C23H16N4O3S. The molecule has 0 aliphatic carbocycles. The van der Waals surface area contributed by atoms with E-state index in [0.29, 0.717) is 28.2 Å². The predicted molar refractivity (Wildman–Crippen MR) is 121 cm³/mol. The summed E-state index contributed by atoms with van der Waals surface area (Å²) < 4.78 is 6.72. The molecule has 0 saturated heterocycles. The van der Waals surface area contributed by atoms with Crippen LogP contribution < -0.4 is 10.6 Å². The first kappa shape index (κ1) is 17.9. The standard InChI is InChI=1S/C23H16N4O3S/c28-21-13-6-1-2-7-14(13)24-22(29)20(21)16-12-17(18-9-5-11-30-18)27(26-16)23-25-15-8-3-4-10-19(15)31-23/h1-11,17H,12H2,(H2,24,28,29). The Balaban J connectivity index is 1.52. The molecule has 1 aliphatic rings. The Labute approximate surface area is 179 Å². The first-order valence-corrected chi connectivity index (χ1v) is 10.6. The fraction of sp³-hybridized carbons (Fsp3) is 0.0870. The van der Waals surface area contributed by atoms with Crippen LogP contribution in [-0.2, 0) is 0 Å². The summed E-state index contributed by atoms with van der Waals surface area (Å²) in [6, 6.07) is 18.5. The summed E-state index contributed by atoms with van der Waals surface area (Å²) in [5, 5.41) is 18.7. The third-order valence-electron chi connectivity index (χ3n) is 5.44. The largest absolute Gasteiger partial charge is 0.506 e. The molecule has 0 bridgehead atoms. The summed E-state index contributed by atoms with van der Waals surface area (Å²) in [5.74, 6) is 0.650. The van der Waals surface area contributed by atoms with Gasteiger partial charge in [-0.25, -0.2) is 9.99 Å². The van der Waals surface area contributed by atoms with Crippen LogP contribution in [0.2, 0.25) is 0 Å². The molecule has 1 aliphatic heterocycles. The van der Waals surface area contributed by atoms with Crippen LogP contribution >= 0.6 is 11.3 Å². The number of hydrogen-bond acceptors (Lipinski definition) is 7. The smallest absolute Gasteiger partial charge is 0.261 e. The minimum absolute atomic E-state index is 0.0672. The molecule has 31 heavy (non-hydrogen) atoms. The predicted octanol–water partition coefficient (Wildman–Crippen LogP) is 4.79. The summed E-state index contributed by atoms with van der Waals surface area (Å²) in [6.45, 7) is 0. The van der Waals surface area contributed by atoms with Crippen molar-refractivity contribution in [2.45, 2.75) is 12.5 Å². The number of pyridine rings is 1. The summed E-state index contributed by atoms with van der Waals surface area (Å²) in [7, 11) is 0. The third kappa shape index (κ3) is 2.83. The molecule has 5 aromatic rings. The van der Waals surface area contributed by atoms with E-state index in [4.69, 9.17) is 14.5 Å². The molecule has 0 radical (unpaired) electrons. The first-order chi connectivity index (χ1) is 15.2. The molecule has 3 aromatic heterocycles. The minimum Gasteiger partial charge on any atom is -0.506 e. The maximum Gasteiger partial charge on any atom is 0.261 e. The summed E-state index contributed by atoms with van der Waals surface area (Å²) in [5.41, 5.74) is 1.76. The Bertz CT molecular complexity index is 1480. The number of nitrogens with zero attached hydrogens (tertiary/aromatic N) is 3. The number of fused-ring (bicyclic) bond motifs is 2. The Morgan fingerprint density at radius 1 is 1.10 bits per heavy atom. The van der Waals surface area contributed by atoms with Gasteiger partial charge in [0.25, 0.3) is 5.56 Å². The maximum atomic E-state index is 12.9. The van der Waals surface area contributed by atoms with Crippen molar-refractivity contribution >= 4 is 43.3 Å². The van der Waals surface area contributed by atoms with Gasteiger partial charge in [0.15, 0.2) is 0 Å². The lowest BCUT2D eigenvalue weighted by atomic mass is 10.0. The second-order valence-electron chi connectivity index (χ2n) is 7.31. The van der Waals surface area contributed by atoms with Gasteiger partial charge >= 0.3 is 0 Å². The quantitative estimate of drug-likeness (QED) is 0.431. The molecule has 0 spiro atoms. The highest BCUT2D eigenvalue weighted by Gasteiger charge is 2.35. The topological polar surface area (TPSA) is 94.7 Å². The van der Waals surface area contributed by atoms with Gasteiger partial charge in [-0.05, 0) is 36.4 Å².